The summed E-state index contributed by atoms with van der Waals surface area (Å²) in [6.07, 6.45) is 0. The van der Waals surface area contributed by atoms with Crippen LogP contribution in [0.3, 0.4) is 0 Å². The van der Waals surface area contributed by atoms with Gasteiger partial charge in [0.05, 0.1) is 5.60 Å². The number of rotatable bonds is 3. The molecule has 0 saturated heterocycles. The molecule has 0 bridgehead atoms. The Kier molecular flexibility index (Phi) is 3.28. The van der Waals surface area contributed by atoms with Crippen LogP contribution in [0.25, 0.3) is 0 Å². The van der Waals surface area contributed by atoms with Crippen LogP contribution >= 0.6 is 0 Å². The Morgan fingerprint density at radius 3 is 1.90 bits per heavy atom. The van der Waals surface area contributed by atoms with Crippen molar-refractivity contribution in [1.82, 2.24) is 10.4 Å². The van der Waals surface area contributed by atoms with E-state index in [1.54, 1.807) is 13.8 Å². The highest BCUT2D eigenvalue weighted by Gasteiger charge is 2.21. The minimum absolute atomic E-state index is 0.0718. The Labute approximate surface area is 63.0 Å². The van der Waals surface area contributed by atoms with Gasteiger partial charge in [-0.15, -0.1) is 0 Å². The van der Waals surface area contributed by atoms with Crippen LogP contribution in [0, 0.1) is 0 Å². The Morgan fingerprint density at radius 2 is 1.80 bits per heavy atom. The van der Waals surface area contributed by atoms with Crippen molar-refractivity contribution >= 4 is 0 Å². The monoisotopic (exact) mass is 146 g/mol. The zero-order valence-electron chi connectivity index (χ0n) is 7.47. The number of hydrazine groups is 1. The van der Waals surface area contributed by atoms with Crippen molar-refractivity contribution in [2.75, 3.05) is 14.1 Å². The van der Waals surface area contributed by atoms with E-state index in [9.17, 15) is 5.11 Å². The highest BCUT2D eigenvalue weighted by molar-refractivity contribution is 4.77. The fourth-order valence-corrected chi connectivity index (χ4v) is 0.545. The van der Waals surface area contributed by atoms with Crippen molar-refractivity contribution in [2.45, 2.75) is 32.4 Å². The van der Waals surface area contributed by atoms with Gasteiger partial charge >= 0.3 is 0 Å². The lowest BCUT2D eigenvalue weighted by Gasteiger charge is -2.29. The molecule has 0 aromatic rings. The molecular weight excluding hydrogens is 128 g/mol. The summed E-state index contributed by atoms with van der Waals surface area (Å²) in [5, 5.41) is 11.3. The Balaban J connectivity index is 3.73. The lowest BCUT2D eigenvalue weighted by molar-refractivity contribution is 0.0195. The second-order valence-electron chi connectivity index (χ2n) is 3.40. The first-order valence-corrected chi connectivity index (χ1v) is 3.50. The van der Waals surface area contributed by atoms with E-state index in [4.69, 9.17) is 0 Å². The van der Waals surface area contributed by atoms with Crippen molar-refractivity contribution in [3.8, 4) is 0 Å². The van der Waals surface area contributed by atoms with Crippen LogP contribution in [0.15, 0.2) is 0 Å². The van der Waals surface area contributed by atoms with E-state index >= 15 is 0 Å². The molecule has 0 heterocycles. The van der Waals surface area contributed by atoms with Gasteiger partial charge in [0.25, 0.3) is 0 Å². The molecule has 0 aromatic carbocycles. The minimum Gasteiger partial charge on any atom is -0.389 e. The topological polar surface area (TPSA) is 35.5 Å². The maximum absolute atomic E-state index is 9.45. The number of nitrogens with one attached hydrogen (secondary N) is 1. The largest absolute Gasteiger partial charge is 0.389 e. The fourth-order valence-electron chi connectivity index (χ4n) is 0.545. The standard InChI is InChI=1S/C7H18N2O/c1-6(7(2,3)10)8-9(4)5/h6,8,10H,1-5H3. The molecule has 3 nitrogen and oxygen atoms in total. The van der Waals surface area contributed by atoms with Gasteiger partial charge in [-0.05, 0) is 20.8 Å². The van der Waals surface area contributed by atoms with E-state index in [2.05, 4.69) is 5.43 Å². The van der Waals surface area contributed by atoms with E-state index in [0.717, 1.165) is 0 Å². The van der Waals surface area contributed by atoms with E-state index in [0.29, 0.717) is 0 Å². The molecule has 0 fully saturated rings. The molecule has 62 valence electrons. The van der Waals surface area contributed by atoms with Crippen LogP contribution < -0.4 is 5.43 Å². The summed E-state index contributed by atoms with van der Waals surface area (Å²) in [7, 11) is 3.81. The quantitative estimate of drug-likeness (QED) is 0.559. The van der Waals surface area contributed by atoms with E-state index in [1.807, 2.05) is 26.0 Å². The summed E-state index contributed by atoms with van der Waals surface area (Å²) in [4.78, 5) is 0. The molecule has 0 aliphatic heterocycles. The number of hydrogen-bond acceptors (Lipinski definition) is 3. The number of nitrogens with zero attached hydrogens (tertiary/aromatic N) is 1. The number of hydrogen-bond donors (Lipinski definition) is 2. The zero-order chi connectivity index (χ0) is 8.36. The van der Waals surface area contributed by atoms with Crippen LogP contribution in [0.2, 0.25) is 0 Å². The summed E-state index contributed by atoms with van der Waals surface area (Å²) < 4.78 is 0. The lowest BCUT2D eigenvalue weighted by atomic mass is 10.0. The second-order valence-corrected chi connectivity index (χ2v) is 3.40. The fraction of sp³-hybridized carbons (Fsp3) is 1.00. The third kappa shape index (κ3) is 3.82. The highest BCUT2D eigenvalue weighted by atomic mass is 16.3. The van der Waals surface area contributed by atoms with Crippen molar-refractivity contribution in [3.05, 3.63) is 0 Å². The van der Waals surface area contributed by atoms with E-state index in [1.165, 1.54) is 0 Å². The SMILES string of the molecule is CC(NN(C)C)C(C)(C)O. The van der Waals surface area contributed by atoms with Gasteiger partial charge in [-0.3, -0.25) is 10.4 Å². The van der Waals surface area contributed by atoms with Crippen LogP contribution in [-0.4, -0.2) is 35.9 Å². The third-order valence-electron chi connectivity index (χ3n) is 1.51. The van der Waals surface area contributed by atoms with Crippen LogP contribution in [0.4, 0.5) is 0 Å². The summed E-state index contributed by atoms with van der Waals surface area (Å²) in [6, 6.07) is 0.0718. The summed E-state index contributed by atoms with van der Waals surface area (Å²) in [5.74, 6) is 0. The smallest absolute Gasteiger partial charge is 0.0754 e. The van der Waals surface area contributed by atoms with Gasteiger partial charge in [0, 0.05) is 20.1 Å². The van der Waals surface area contributed by atoms with Crippen LogP contribution in [0.5, 0.6) is 0 Å². The average molecular weight is 146 g/mol. The third-order valence-corrected chi connectivity index (χ3v) is 1.51. The highest BCUT2D eigenvalue weighted by Crippen LogP contribution is 2.06. The van der Waals surface area contributed by atoms with Gasteiger partial charge in [-0.1, -0.05) is 0 Å². The molecule has 0 aliphatic carbocycles. The molecule has 1 atom stereocenters. The van der Waals surface area contributed by atoms with Gasteiger partial charge in [0.2, 0.25) is 0 Å². The molecule has 2 N–H and O–H groups in total. The van der Waals surface area contributed by atoms with Crippen molar-refractivity contribution in [3.63, 3.8) is 0 Å². The molecule has 0 saturated carbocycles. The molecule has 1 unspecified atom stereocenters. The summed E-state index contributed by atoms with van der Waals surface area (Å²) >= 11 is 0. The van der Waals surface area contributed by atoms with E-state index in [-0.39, 0.29) is 6.04 Å². The molecular formula is C7H18N2O. The number of aliphatic hydroxyl groups is 1. The van der Waals surface area contributed by atoms with Gasteiger partial charge in [0.15, 0.2) is 0 Å². The average Bonchev–Trinajstić information content (AvgIpc) is 1.60. The lowest BCUT2D eigenvalue weighted by Crippen LogP contribution is -2.49. The first kappa shape index (κ1) is 9.88. The molecule has 0 amide bonds. The second kappa shape index (κ2) is 3.32. The summed E-state index contributed by atoms with van der Waals surface area (Å²) in [5.41, 5.74) is 2.40. The molecule has 0 aromatic heterocycles. The van der Waals surface area contributed by atoms with Gasteiger partial charge in [-0.2, -0.15) is 0 Å². The maximum Gasteiger partial charge on any atom is 0.0754 e. The Morgan fingerprint density at radius 1 is 1.40 bits per heavy atom. The van der Waals surface area contributed by atoms with Gasteiger partial charge in [-0.25, -0.2) is 0 Å². The molecule has 10 heavy (non-hydrogen) atoms. The predicted molar refractivity (Wildman–Crippen MR) is 42.6 cm³/mol. The van der Waals surface area contributed by atoms with Gasteiger partial charge < -0.3 is 5.11 Å². The van der Waals surface area contributed by atoms with Crippen molar-refractivity contribution in [1.29, 1.82) is 0 Å². The van der Waals surface area contributed by atoms with E-state index < -0.39 is 5.60 Å². The predicted octanol–water partition coefficient (Wildman–Crippen LogP) is 0.212. The summed E-state index contributed by atoms with van der Waals surface area (Å²) in [6.45, 7) is 5.52. The molecule has 0 radical (unpaired) electrons. The maximum atomic E-state index is 9.45. The molecule has 3 heteroatoms. The molecule has 0 aliphatic rings. The first-order chi connectivity index (χ1) is 4.34. The Bertz CT molecular complexity index is 96.3. The van der Waals surface area contributed by atoms with Crippen LogP contribution in [-0.2, 0) is 0 Å². The zero-order valence-corrected chi connectivity index (χ0v) is 7.47. The van der Waals surface area contributed by atoms with Crippen molar-refractivity contribution in [2.24, 2.45) is 0 Å². The van der Waals surface area contributed by atoms with Crippen molar-refractivity contribution < 1.29 is 5.11 Å². The minimum atomic E-state index is -0.662. The van der Waals surface area contributed by atoms with Crippen LogP contribution in [0.1, 0.15) is 20.8 Å². The normalized spacial score (nSPS) is 15.9. The Hall–Kier alpha value is -0.120. The van der Waals surface area contributed by atoms with Gasteiger partial charge in [0.1, 0.15) is 0 Å². The first-order valence-electron chi connectivity index (χ1n) is 3.50. The molecule has 0 spiro atoms. The molecule has 0 rings (SSSR count).